The topological polar surface area (TPSA) is 69.0 Å². The number of hydrogen-bond acceptors (Lipinski definition) is 4. The molecule has 2 heterocycles. The molecule has 1 saturated carbocycles. The zero-order chi connectivity index (χ0) is 17.5. The van der Waals surface area contributed by atoms with E-state index < -0.39 is 6.10 Å². The maximum atomic E-state index is 12.3. The molecule has 0 aromatic carbocycles. The number of carbonyl (C=O) groups is 1. The van der Waals surface area contributed by atoms with E-state index in [9.17, 15) is 4.79 Å². The van der Waals surface area contributed by atoms with Gasteiger partial charge in [0.25, 0.3) is 0 Å². The molecule has 1 aliphatic carbocycles. The minimum Gasteiger partial charge on any atom is -0.365 e. The molecule has 1 aliphatic rings. The van der Waals surface area contributed by atoms with Crippen LogP contribution in [0.5, 0.6) is 0 Å². The van der Waals surface area contributed by atoms with E-state index >= 15 is 0 Å². The number of nitrogens with zero attached hydrogens (tertiary/aromatic N) is 3. The second-order valence-electron chi connectivity index (χ2n) is 6.60. The van der Waals surface area contributed by atoms with Gasteiger partial charge in [-0.3, -0.25) is 9.36 Å². The van der Waals surface area contributed by atoms with Crippen LogP contribution in [0.4, 0.5) is 0 Å². The Morgan fingerprint density at radius 2 is 2.12 bits per heavy atom. The van der Waals surface area contributed by atoms with Crippen LogP contribution in [0.3, 0.4) is 0 Å². The summed E-state index contributed by atoms with van der Waals surface area (Å²) in [5, 5.41) is 2.96. The van der Waals surface area contributed by atoms with Crippen molar-refractivity contribution in [2.75, 3.05) is 0 Å². The summed E-state index contributed by atoms with van der Waals surface area (Å²) in [5.74, 6) is 0.720. The van der Waals surface area contributed by atoms with Crippen LogP contribution in [0.1, 0.15) is 51.0 Å². The molecule has 0 aliphatic heterocycles. The predicted octanol–water partition coefficient (Wildman–Crippen LogP) is 3.01. The standard InChI is InChI=1S/C19H26N4O2/c1-15(25-17-6-4-2-3-5-7-17)19(24)22-13-16-8-9-21-18(12-16)23-11-10-20-14-23/h8-12,14-15,17H,2-7,13H2,1H3,(H,22,24). The minimum atomic E-state index is -0.418. The lowest BCUT2D eigenvalue weighted by atomic mass is 10.1. The third-order valence-corrected chi connectivity index (χ3v) is 4.61. The highest BCUT2D eigenvalue weighted by molar-refractivity contribution is 5.80. The summed E-state index contributed by atoms with van der Waals surface area (Å²) in [6.07, 6.45) is 13.9. The summed E-state index contributed by atoms with van der Waals surface area (Å²) in [6.45, 7) is 2.30. The smallest absolute Gasteiger partial charge is 0.249 e. The van der Waals surface area contributed by atoms with Gasteiger partial charge in [0.15, 0.2) is 0 Å². The second kappa shape index (κ2) is 8.76. The third kappa shape index (κ3) is 5.13. The summed E-state index contributed by atoms with van der Waals surface area (Å²) < 4.78 is 7.80. The summed E-state index contributed by atoms with van der Waals surface area (Å²) in [7, 11) is 0. The normalized spacial score (nSPS) is 17.0. The molecule has 1 N–H and O–H groups in total. The maximum Gasteiger partial charge on any atom is 0.249 e. The molecule has 2 aromatic heterocycles. The van der Waals surface area contributed by atoms with E-state index in [2.05, 4.69) is 15.3 Å². The van der Waals surface area contributed by atoms with Crippen LogP contribution in [0.25, 0.3) is 5.82 Å². The molecular formula is C19H26N4O2. The molecule has 1 unspecified atom stereocenters. The summed E-state index contributed by atoms with van der Waals surface area (Å²) in [5.41, 5.74) is 0.994. The Hall–Kier alpha value is -2.21. The number of pyridine rings is 1. The number of carbonyl (C=O) groups excluding carboxylic acids is 1. The van der Waals surface area contributed by atoms with Gasteiger partial charge in [-0.1, -0.05) is 25.7 Å². The van der Waals surface area contributed by atoms with Gasteiger partial charge in [0, 0.05) is 25.1 Å². The highest BCUT2D eigenvalue weighted by Crippen LogP contribution is 2.21. The first-order valence-corrected chi connectivity index (χ1v) is 9.09. The Morgan fingerprint density at radius 1 is 1.32 bits per heavy atom. The van der Waals surface area contributed by atoms with Crippen LogP contribution in [-0.2, 0) is 16.1 Å². The molecule has 6 heteroatoms. The van der Waals surface area contributed by atoms with E-state index in [1.165, 1.54) is 25.7 Å². The van der Waals surface area contributed by atoms with Crippen molar-refractivity contribution < 1.29 is 9.53 Å². The van der Waals surface area contributed by atoms with Crippen molar-refractivity contribution in [2.45, 2.75) is 64.2 Å². The Labute approximate surface area is 148 Å². The fourth-order valence-electron chi connectivity index (χ4n) is 3.17. The molecule has 0 spiro atoms. The Morgan fingerprint density at radius 3 is 2.84 bits per heavy atom. The van der Waals surface area contributed by atoms with E-state index in [4.69, 9.17) is 4.74 Å². The Bertz CT molecular complexity index is 664. The Kier molecular flexibility index (Phi) is 6.17. The molecule has 25 heavy (non-hydrogen) atoms. The molecule has 2 aromatic rings. The molecule has 3 rings (SSSR count). The first-order valence-electron chi connectivity index (χ1n) is 9.09. The molecule has 1 amide bonds. The molecule has 1 atom stereocenters. The largest absolute Gasteiger partial charge is 0.365 e. The molecule has 134 valence electrons. The summed E-state index contributed by atoms with van der Waals surface area (Å²) in [4.78, 5) is 20.7. The lowest BCUT2D eigenvalue weighted by molar-refractivity contribution is -0.136. The van der Waals surface area contributed by atoms with Crippen molar-refractivity contribution in [3.05, 3.63) is 42.6 Å². The van der Waals surface area contributed by atoms with Gasteiger partial charge in [-0.15, -0.1) is 0 Å². The zero-order valence-corrected chi connectivity index (χ0v) is 14.7. The molecular weight excluding hydrogens is 316 g/mol. The number of amides is 1. The quantitative estimate of drug-likeness (QED) is 0.819. The van der Waals surface area contributed by atoms with Crippen LogP contribution in [0.2, 0.25) is 0 Å². The van der Waals surface area contributed by atoms with Crippen LogP contribution in [0.15, 0.2) is 37.1 Å². The van der Waals surface area contributed by atoms with Gasteiger partial charge in [0.05, 0.1) is 6.10 Å². The van der Waals surface area contributed by atoms with Gasteiger partial charge in [-0.2, -0.15) is 0 Å². The van der Waals surface area contributed by atoms with E-state index in [-0.39, 0.29) is 12.0 Å². The highest BCUT2D eigenvalue weighted by Gasteiger charge is 2.20. The van der Waals surface area contributed by atoms with E-state index in [1.54, 1.807) is 18.7 Å². The molecule has 0 saturated heterocycles. The zero-order valence-electron chi connectivity index (χ0n) is 14.7. The van der Waals surface area contributed by atoms with Crippen molar-refractivity contribution >= 4 is 5.91 Å². The lowest BCUT2D eigenvalue weighted by Crippen LogP contribution is -2.36. The highest BCUT2D eigenvalue weighted by atomic mass is 16.5. The van der Waals surface area contributed by atoms with Crippen LogP contribution in [0, 0.1) is 0 Å². The van der Waals surface area contributed by atoms with Crippen LogP contribution >= 0.6 is 0 Å². The van der Waals surface area contributed by atoms with Crippen molar-refractivity contribution in [1.29, 1.82) is 0 Å². The predicted molar refractivity (Wildman–Crippen MR) is 95.2 cm³/mol. The average molecular weight is 342 g/mol. The molecule has 6 nitrogen and oxygen atoms in total. The minimum absolute atomic E-state index is 0.0646. The van der Waals surface area contributed by atoms with Crippen molar-refractivity contribution in [1.82, 2.24) is 19.9 Å². The van der Waals surface area contributed by atoms with Crippen LogP contribution < -0.4 is 5.32 Å². The van der Waals surface area contributed by atoms with Crippen molar-refractivity contribution in [3.8, 4) is 5.82 Å². The fourth-order valence-corrected chi connectivity index (χ4v) is 3.17. The first kappa shape index (κ1) is 17.6. The molecule has 1 fully saturated rings. The lowest BCUT2D eigenvalue weighted by Gasteiger charge is -2.20. The van der Waals surface area contributed by atoms with Gasteiger partial charge >= 0.3 is 0 Å². The Balaban J connectivity index is 1.50. The number of ether oxygens (including phenoxy) is 1. The average Bonchev–Trinajstić information content (AvgIpc) is 3.05. The van der Waals surface area contributed by atoms with Gasteiger partial charge in [-0.05, 0) is 37.5 Å². The third-order valence-electron chi connectivity index (χ3n) is 4.61. The fraction of sp³-hybridized carbons (Fsp3) is 0.526. The maximum absolute atomic E-state index is 12.3. The number of aromatic nitrogens is 3. The van der Waals surface area contributed by atoms with Gasteiger partial charge in [-0.25, -0.2) is 9.97 Å². The number of nitrogens with one attached hydrogen (secondary N) is 1. The number of imidazole rings is 1. The second-order valence-corrected chi connectivity index (χ2v) is 6.60. The van der Waals surface area contributed by atoms with Crippen LogP contribution in [-0.4, -0.2) is 32.7 Å². The van der Waals surface area contributed by atoms with Gasteiger partial charge in [0.1, 0.15) is 18.2 Å². The van der Waals surface area contributed by atoms with Gasteiger partial charge in [0.2, 0.25) is 5.91 Å². The van der Waals surface area contributed by atoms with Crippen molar-refractivity contribution in [2.24, 2.45) is 0 Å². The van der Waals surface area contributed by atoms with Gasteiger partial charge < -0.3 is 10.1 Å². The molecule has 0 radical (unpaired) electrons. The number of hydrogen-bond donors (Lipinski definition) is 1. The van der Waals surface area contributed by atoms with Crippen molar-refractivity contribution in [3.63, 3.8) is 0 Å². The SMILES string of the molecule is CC(OC1CCCCCC1)C(=O)NCc1ccnc(-n2ccnc2)c1. The van der Waals surface area contributed by atoms with E-state index in [1.807, 2.05) is 29.8 Å². The summed E-state index contributed by atoms with van der Waals surface area (Å²) >= 11 is 0. The summed E-state index contributed by atoms with van der Waals surface area (Å²) in [6, 6.07) is 3.84. The van der Waals surface area contributed by atoms with E-state index in [0.717, 1.165) is 24.2 Å². The van der Waals surface area contributed by atoms with E-state index in [0.29, 0.717) is 6.54 Å². The monoisotopic (exact) mass is 342 g/mol. The number of rotatable bonds is 6. The molecule has 0 bridgehead atoms. The first-order chi connectivity index (χ1) is 12.2.